The minimum atomic E-state index is -0.0528. The molecule has 9 heteroatoms. The van der Waals surface area contributed by atoms with E-state index in [-0.39, 0.29) is 5.91 Å². The summed E-state index contributed by atoms with van der Waals surface area (Å²) in [7, 11) is 0. The Balaban J connectivity index is 1.37. The van der Waals surface area contributed by atoms with Crippen LogP contribution < -0.4 is 5.32 Å². The quantitative estimate of drug-likeness (QED) is 0.387. The van der Waals surface area contributed by atoms with Crippen LogP contribution in [-0.2, 0) is 0 Å². The third kappa shape index (κ3) is 4.12. The minimum Gasteiger partial charge on any atom is -0.459 e. The molecule has 7 nitrogen and oxygen atoms in total. The van der Waals surface area contributed by atoms with E-state index in [0.29, 0.717) is 35.4 Å². The lowest BCUT2D eigenvalue weighted by atomic mass is 9.97. The number of nitrogens with one attached hydrogen (secondary N) is 1. The second kappa shape index (κ2) is 8.96. The van der Waals surface area contributed by atoms with Gasteiger partial charge in [0.25, 0.3) is 5.91 Å². The fraction of sp³-hybridized carbons (Fsp3) is 0.261. The Labute approximate surface area is 198 Å². The number of likely N-dealkylation sites (tertiary alicyclic amines) is 1. The summed E-state index contributed by atoms with van der Waals surface area (Å²) in [6, 6.07) is 13.1. The number of carbonyl (C=O) groups excluding carboxylic acids is 1. The van der Waals surface area contributed by atoms with Crippen molar-refractivity contribution in [1.29, 1.82) is 0 Å². The molecule has 1 saturated heterocycles. The van der Waals surface area contributed by atoms with E-state index >= 15 is 0 Å². The number of nitrogens with zero attached hydrogens (tertiary/aromatic N) is 4. The summed E-state index contributed by atoms with van der Waals surface area (Å²) in [5, 5.41) is 8.62. The molecule has 3 aromatic heterocycles. The van der Waals surface area contributed by atoms with Gasteiger partial charge in [0, 0.05) is 36.3 Å². The molecule has 1 fully saturated rings. The number of fused-ring (bicyclic) bond motifs is 1. The highest BCUT2D eigenvalue weighted by Gasteiger charge is 2.26. The summed E-state index contributed by atoms with van der Waals surface area (Å²) in [4.78, 5) is 19.3. The monoisotopic (exact) mass is 513 g/mol. The van der Waals surface area contributed by atoms with E-state index in [1.807, 2.05) is 35.2 Å². The molecule has 0 saturated carbocycles. The normalized spacial score (nSPS) is 16.4. The van der Waals surface area contributed by atoms with Gasteiger partial charge in [-0.05, 0) is 52.9 Å². The molecule has 0 bridgehead atoms. The van der Waals surface area contributed by atoms with Crippen LogP contribution in [0, 0.1) is 5.92 Å². The van der Waals surface area contributed by atoms with Gasteiger partial charge in [0.15, 0.2) is 11.4 Å². The third-order valence-corrected chi connectivity index (χ3v) is 6.58. The van der Waals surface area contributed by atoms with E-state index in [1.54, 1.807) is 22.8 Å². The van der Waals surface area contributed by atoms with Crippen molar-refractivity contribution < 1.29 is 9.21 Å². The number of piperidine rings is 1. The van der Waals surface area contributed by atoms with Crippen molar-refractivity contribution in [2.24, 2.45) is 5.92 Å². The third-order valence-electron chi connectivity index (χ3n) is 5.69. The second-order valence-corrected chi connectivity index (χ2v) is 9.11. The molecule has 5 rings (SSSR count). The van der Waals surface area contributed by atoms with Gasteiger partial charge in [-0.25, -0.2) is 4.98 Å². The summed E-state index contributed by atoms with van der Waals surface area (Å²) in [6.45, 7) is 2.14. The summed E-state index contributed by atoms with van der Waals surface area (Å²) in [6.07, 6.45) is 5.27. The molecule has 1 unspecified atom stereocenters. The molecule has 32 heavy (non-hydrogen) atoms. The topological polar surface area (TPSA) is 75.7 Å². The Morgan fingerprint density at radius 3 is 2.97 bits per heavy atom. The first kappa shape index (κ1) is 21.0. The molecule has 1 aromatic carbocycles. The van der Waals surface area contributed by atoms with Gasteiger partial charge in [-0.15, -0.1) is 0 Å². The number of carbonyl (C=O) groups is 1. The maximum absolute atomic E-state index is 12.7. The lowest BCUT2D eigenvalue weighted by Gasteiger charge is -2.32. The number of furan rings is 1. The molecule has 4 aromatic rings. The van der Waals surface area contributed by atoms with Crippen LogP contribution in [0.2, 0.25) is 5.02 Å². The first-order chi connectivity index (χ1) is 15.6. The van der Waals surface area contributed by atoms with Crippen LogP contribution in [0.3, 0.4) is 0 Å². The highest BCUT2D eigenvalue weighted by atomic mass is 79.9. The highest BCUT2D eigenvalue weighted by Crippen LogP contribution is 2.30. The molecular weight excluding hydrogens is 494 g/mol. The zero-order valence-electron chi connectivity index (χ0n) is 17.2. The molecule has 1 aliphatic rings. The van der Waals surface area contributed by atoms with Gasteiger partial charge in [0.2, 0.25) is 0 Å². The molecular formula is C23H21BrClN5O2. The molecule has 1 aliphatic heterocycles. The largest absolute Gasteiger partial charge is 0.459 e. The van der Waals surface area contributed by atoms with Crippen molar-refractivity contribution in [2.75, 3.05) is 25.0 Å². The lowest BCUT2D eigenvalue weighted by molar-refractivity contribution is 0.0648. The zero-order valence-corrected chi connectivity index (χ0v) is 19.5. The van der Waals surface area contributed by atoms with Crippen LogP contribution in [0.1, 0.15) is 23.4 Å². The predicted octanol–water partition coefficient (Wildman–Crippen LogP) is 5.37. The fourth-order valence-electron chi connectivity index (χ4n) is 4.09. The van der Waals surface area contributed by atoms with Gasteiger partial charge >= 0.3 is 0 Å². The Morgan fingerprint density at radius 2 is 2.16 bits per heavy atom. The van der Waals surface area contributed by atoms with Gasteiger partial charge in [-0.2, -0.15) is 9.61 Å². The molecule has 4 heterocycles. The Hall–Kier alpha value is -2.84. The predicted molar refractivity (Wildman–Crippen MR) is 127 cm³/mol. The van der Waals surface area contributed by atoms with E-state index in [4.69, 9.17) is 21.0 Å². The molecule has 1 atom stereocenters. The number of rotatable bonds is 5. The maximum atomic E-state index is 12.7. The van der Waals surface area contributed by atoms with Gasteiger partial charge in [-0.1, -0.05) is 29.8 Å². The fourth-order valence-corrected chi connectivity index (χ4v) is 4.67. The van der Waals surface area contributed by atoms with E-state index in [0.717, 1.165) is 40.9 Å². The summed E-state index contributed by atoms with van der Waals surface area (Å²) in [5.41, 5.74) is 2.34. The van der Waals surface area contributed by atoms with Crippen LogP contribution in [0.25, 0.3) is 16.9 Å². The van der Waals surface area contributed by atoms with Gasteiger partial charge in [0.1, 0.15) is 5.82 Å². The summed E-state index contributed by atoms with van der Waals surface area (Å²) < 4.78 is 7.87. The standard InChI is InChI=1S/C23H21BrClN5O2/c24-17-13-27-30-21(11-19(28-22(17)30)16-6-1-2-7-18(16)25)26-12-15-5-3-9-29(14-15)23(31)20-8-4-10-32-20/h1-2,4,6-8,10-11,13,15,26H,3,5,9,12,14H2. The minimum absolute atomic E-state index is 0.0528. The van der Waals surface area contributed by atoms with Crippen LogP contribution in [0.15, 0.2) is 63.8 Å². The molecule has 1 amide bonds. The number of halogens is 2. The lowest BCUT2D eigenvalue weighted by Crippen LogP contribution is -2.41. The molecule has 0 aliphatic carbocycles. The number of aromatic nitrogens is 3. The average molecular weight is 515 g/mol. The van der Waals surface area contributed by atoms with E-state index in [9.17, 15) is 4.79 Å². The van der Waals surface area contributed by atoms with Crippen LogP contribution in [-0.4, -0.2) is 45.0 Å². The first-order valence-corrected chi connectivity index (χ1v) is 11.6. The van der Waals surface area contributed by atoms with Crippen molar-refractivity contribution >= 4 is 44.9 Å². The Morgan fingerprint density at radius 1 is 1.28 bits per heavy atom. The van der Waals surface area contributed by atoms with Crippen molar-refractivity contribution in [3.8, 4) is 11.3 Å². The van der Waals surface area contributed by atoms with Gasteiger partial charge in [0.05, 0.1) is 22.6 Å². The van der Waals surface area contributed by atoms with E-state index < -0.39 is 0 Å². The number of anilines is 1. The Kier molecular flexibility index (Phi) is 5.89. The maximum Gasteiger partial charge on any atom is 0.289 e. The van der Waals surface area contributed by atoms with Crippen LogP contribution in [0.4, 0.5) is 5.82 Å². The van der Waals surface area contributed by atoms with Crippen molar-refractivity contribution in [3.05, 3.63) is 70.2 Å². The SMILES string of the molecule is O=C(c1ccco1)N1CCCC(CNc2cc(-c3ccccc3Cl)nc3c(Br)cnn23)C1. The molecule has 1 N–H and O–H groups in total. The Bertz CT molecular complexity index is 1260. The van der Waals surface area contributed by atoms with E-state index in [2.05, 4.69) is 26.3 Å². The summed E-state index contributed by atoms with van der Waals surface area (Å²) in [5.74, 6) is 1.47. The molecule has 0 radical (unpaired) electrons. The number of benzene rings is 1. The number of hydrogen-bond donors (Lipinski definition) is 1. The number of amides is 1. The first-order valence-electron chi connectivity index (χ1n) is 10.5. The van der Waals surface area contributed by atoms with Crippen LogP contribution >= 0.6 is 27.5 Å². The molecule has 164 valence electrons. The second-order valence-electron chi connectivity index (χ2n) is 7.85. The van der Waals surface area contributed by atoms with Crippen molar-refractivity contribution in [1.82, 2.24) is 19.5 Å². The van der Waals surface area contributed by atoms with Crippen molar-refractivity contribution in [3.63, 3.8) is 0 Å². The zero-order chi connectivity index (χ0) is 22.1. The summed E-state index contributed by atoms with van der Waals surface area (Å²) >= 11 is 9.96. The highest BCUT2D eigenvalue weighted by molar-refractivity contribution is 9.10. The smallest absolute Gasteiger partial charge is 0.289 e. The van der Waals surface area contributed by atoms with E-state index in [1.165, 1.54) is 6.26 Å². The van der Waals surface area contributed by atoms with Gasteiger partial charge < -0.3 is 14.6 Å². The van der Waals surface area contributed by atoms with Crippen molar-refractivity contribution in [2.45, 2.75) is 12.8 Å². The van der Waals surface area contributed by atoms with Gasteiger partial charge in [-0.3, -0.25) is 4.79 Å². The number of hydrogen-bond acceptors (Lipinski definition) is 5. The van der Waals surface area contributed by atoms with Crippen LogP contribution in [0.5, 0.6) is 0 Å². The molecule has 0 spiro atoms. The average Bonchev–Trinajstić information content (AvgIpc) is 3.48.